The summed E-state index contributed by atoms with van der Waals surface area (Å²) in [6, 6.07) is 8.61. The van der Waals surface area contributed by atoms with Gasteiger partial charge in [-0.15, -0.1) is 0 Å². The van der Waals surface area contributed by atoms with Crippen molar-refractivity contribution in [3.8, 4) is 5.88 Å². The van der Waals surface area contributed by atoms with Gasteiger partial charge in [0, 0.05) is 12.7 Å². The van der Waals surface area contributed by atoms with E-state index in [1.807, 2.05) is 6.20 Å². The largest absolute Gasteiger partial charge is 0.476 e. The number of hydrogen-bond donors (Lipinski definition) is 1. The molecule has 0 unspecified atom stereocenters. The molecule has 0 spiro atoms. The van der Waals surface area contributed by atoms with Gasteiger partial charge in [-0.25, -0.2) is 9.37 Å². The molecule has 0 fully saturated rings. The smallest absolute Gasteiger partial charge is 0.237 e. The fourth-order valence-corrected chi connectivity index (χ4v) is 2.14. The molecule has 3 rings (SSSR count). The maximum atomic E-state index is 12.9. The third-order valence-corrected chi connectivity index (χ3v) is 3.10. The zero-order valence-corrected chi connectivity index (χ0v) is 10.5. The van der Waals surface area contributed by atoms with E-state index in [4.69, 9.17) is 4.74 Å². The Morgan fingerprint density at radius 2 is 2.05 bits per heavy atom. The van der Waals surface area contributed by atoms with Crippen LogP contribution >= 0.6 is 0 Å². The molecule has 0 saturated heterocycles. The predicted octanol–water partition coefficient (Wildman–Crippen LogP) is 3.01. The van der Waals surface area contributed by atoms with Crippen LogP contribution in [-0.4, -0.2) is 18.1 Å². The molecule has 2 heterocycles. The summed E-state index contributed by atoms with van der Waals surface area (Å²) in [5.41, 5.74) is 3.10. The molecule has 0 bridgehead atoms. The molecule has 0 amide bonds. The van der Waals surface area contributed by atoms with Crippen LogP contribution in [0.2, 0.25) is 0 Å². The SMILES string of the molecule is Fc1ccc(Cc2cnc3c(c2)NCCCO3)cc1. The van der Waals surface area contributed by atoms with Crippen LogP contribution in [0.25, 0.3) is 0 Å². The molecule has 1 aliphatic rings. The standard InChI is InChI=1S/C15H15FN2O/c16-13-4-2-11(3-5-13)8-12-9-14-15(18-10-12)19-7-1-6-17-14/h2-5,9-10,17H,1,6-8H2. The van der Waals surface area contributed by atoms with E-state index < -0.39 is 0 Å². The van der Waals surface area contributed by atoms with Crippen LogP contribution in [0.5, 0.6) is 5.88 Å². The lowest BCUT2D eigenvalue weighted by atomic mass is 10.1. The molecule has 98 valence electrons. The topological polar surface area (TPSA) is 34.2 Å². The van der Waals surface area contributed by atoms with Gasteiger partial charge in [0.2, 0.25) is 5.88 Å². The first-order valence-corrected chi connectivity index (χ1v) is 6.41. The number of nitrogens with zero attached hydrogens (tertiary/aromatic N) is 1. The molecule has 0 saturated carbocycles. The normalized spacial score (nSPS) is 13.9. The van der Waals surface area contributed by atoms with Crippen molar-refractivity contribution in [3.05, 3.63) is 53.5 Å². The van der Waals surface area contributed by atoms with Gasteiger partial charge in [0.1, 0.15) is 5.82 Å². The van der Waals surface area contributed by atoms with E-state index >= 15 is 0 Å². The highest BCUT2D eigenvalue weighted by Crippen LogP contribution is 2.25. The summed E-state index contributed by atoms with van der Waals surface area (Å²) in [6.45, 7) is 1.60. The van der Waals surface area contributed by atoms with Crippen molar-refractivity contribution in [2.45, 2.75) is 12.8 Å². The van der Waals surface area contributed by atoms with Gasteiger partial charge in [0.25, 0.3) is 0 Å². The second kappa shape index (κ2) is 5.26. The highest BCUT2D eigenvalue weighted by Gasteiger charge is 2.10. The molecule has 19 heavy (non-hydrogen) atoms. The summed E-state index contributed by atoms with van der Waals surface area (Å²) >= 11 is 0. The molecular formula is C15H15FN2O. The van der Waals surface area contributed by atoms with E-state index in [1.165, 1.54) is 12.1 Å². The molecule has 4 heteroatoms. The average molecular weight is 258 g/mol. The summed E-state index contributed by atoms with van der Waals surface area (Å²) in [6.07, 6.45) is 3.53. The molecule has 1 aliphatic heterocycles. The Morgan fingerprint density at radius 1 is 1.21 bits per heavy atom. The van der Waals surface area contributed by atoms with Crippen LogP contribution in [0.15, 0.2) is 36.5 Å². The number of pyridine rings is 1. The summed E-state index contributed by atoms with van der Waals surface area (Å²) in [4.78, 5) is 4.33. The predicted molar refractivity (Wildman–Crippen MR) is 72.0 cm³/mol. The van der Waals surface area contributed by atoms with Gasteiger partial charge >= 0.3 is 0 Å². The van der Waals surface area contributed by atoms with Gasteiger partial charge in [-0.1, -0.05) is 12.1 Å². The molecule has 0 atom stereocenters. The Bertz CT molecular complexity index is 569. The summed E-state index contributed by atoms with van der Waals surface area (Å²) in [5.74, 6) is 0.458. The minimum absolute atomic E-state index is 0.209. The number of halogens is 1. The molecule has 1 aromatic heterocycles. The van der Waals surface area contributed by atoms with Crippen LogP contribution < -0.4 is 10.1 Å². The summed E-state index contributed by atoms with van der Waals surface area (Å²) in [5, 5.41) is 3.31. The second-order valence-electron chi connectivity index (χ2n) is 4.63. The van der Waals surface area contributed by atoms with Gasteiger partial charge in [-0.3, -0.25) is 0 Å². The van der Waals surface area contributed by atoms with Crippen molar-refractivity contribution in [2.75, 3.05) is 18.5 Å². The van der Waals surface area contributed by atoms with Crippen molar-refractivity contribution in [2.24, 2.45) is 0 Å². The zero-order valence-electron chi connectivity index (χ0n) is 10.5. The van der Waals surface area contributed by atoms with E-state index in [1.54, 1.807) is 12.1 Å². The first-order chi connectivity index (χ1) is 9.31. The molecule has 2 aromatic rings. The Hall–Kier alpha value is -2.10. The summed E-state index contributed by atoms with van der Waals surface area (Å²) < 4.78 is 18.4. The number of rotatable bonds is 2. The minimum atomic E-state index is -0.209. The van der Waals surface area contributed by atoms with E-state index in [0.29, 0.717) is 12.5 Å². The third kappa shape index (κ3) is 2.84. The highest BCUT2D eigenvalue weighted by atomic mass is 19.1. The van der Waals surface area contributed by atoms with Gasteiger partial charge in [0.15, 0.2) is 0 Å². The maximum Gasteiger partial charge on any atom is 0.237 e. The number of fused-ring (bicyclic) bond motifs is 1. The average Bonchev–Trinajstić information content (AvgIpc) is 2.66. The van der Waals surface area contributed by atoms with Crippen LogP contribution in [0.3, 0.4) is 0 Å². The third-order valence-electron chi connectivity index (χ3n) is 3.10. The van der Waals surface area contributed by atoms with E-state index in [2.05, 4.69) is 16.4 Å². The first kappa shape index (κ1) is 12.0. The van der Waals surface area contributed by atoms with Crippen molar-refractivity contribution in [3.63, 3.8) is 0 Å². The Kier molecular flexibility index (Phi) is 3.31. The summed E-state index contributed by atoms with van der Waals surface area (Å²) in [7, 11) is 0. The fourth-order valence-electron chi connectivity index (χ4n) is 2.14. The monoisotopic (exact) mass is 258 g/mol. The lowest BCUT2D eigenvalue weighted by Crippen LogP contribution is -2.00. The second-order valence-corrected chi connectivity index (χ2v) is 4.63. The maximum absolute atomic E-state index is 12.9. The number of ether oxygens (including phenoxy) is 1. The van der Waals surface area contributed by atoms with E-state index in [0.717, 1.165) is 36.2 Å². The molecule has 3 nitrogen and oxygen atoms in total. The van der Waals surface area contributed by atoms with Gasteiger partial charge in [-0.05, 0) is 42.2 Å². The number of anilines is 1. The molecule has 0 aliphatic carbocycles. The minimum Gasteiger partial charge on any atom is -0.476 e. The van der Waals surface area contributed by atoms with E-state index in [-0.39, 0.29) is 5.82 Å². The quantitative estimate of drug-likeness (QED) is 0.899. The highest BCUT2D eigenvalue weighted by molar-refractivity contribution is 5.54. The fraction of sp³-hybridized carbons (Fsp3) is 0.267. The Balaban J connectivity index is 1.81. The van der Waals surface area contributed by atoms with Crippen LogP contribution in [-0.2, 0) is 6.42 Å². The van der Waals surface area contributed by atoms with Gasteiger partial charge in [0.05, 0.1) is 12.3 Å². The Labute approximate surface area is 111 Å². The molecule has 1 N–H and O–H groups in total. The van der Waals surface area contributed by atoms with Crippen LogP contribution in [0.1, 0.15) is 17.5 Å². The lowest BCUT2D eigenvalue weighted by Gasteiger charge is -2.09. The zero-order chi connectivity index (χ0) is 13.1. The van der Waals surface area contributed by atoms with Crippen LogP contribution in [0.4, 0.5) is 10.1 Å². The van der Waals surface area contributed by atoms with Crippen molar-refractivity contribution in [1.29, 1.82) is 0 Å². The van der Waals surface area contributed by atoms with Crippen LogP contribution in [0, 0.1) is 5.82 Å². The van der Waals surface area contributed by atoms with Crippen molar-refractivity contribution in [1.82, 2.24) is 4.98 Å². The number of nitrogens with one attached hydrogen (secondary N) is 1. The number of aromatic nitrogens is 1. The molecule has 0 radical (unpaired) electrons. The molecule has 1 aromatic carbocycles. The van der Waals surface area contributed by atoms with Crippen molar-refractivity contribution >= 4 is 5.69 Å². The van der Waals surface area contributed by atoms with Crippen molar-refractivity contribution < 1.29 is 9.13 Å². The van der Waals surface area contributed by atoms with E-state index in [9.17, 15) is 4.39 Å². The first-order valence-electron chi connectivity index (χ1n) is 6.41. The number of benzene rings is 1. The number of hydrogen-bond acceptors (Lipinski definition) is 3. The lowest BCUT2D eigenvalue weighted by molar-refractivity contribution is 0.311. The van der Waals surface area contributed by atoms with Gasteiger partial charge < -0.3 is 10.1 Å². The Morgan fingerprint density at radius 3 is 2.89 bits per heavy atom. The molecular weight excluding hydrogens is 243 g/mol. The van der Waals surface area contributed by atoms with Gasteiger partial charge in [-0.2, -0.15) is 0 Å².